The van der Waals surface area contributed by atoms with Crippen molar-refractivity contribution >= 4 is 11.9 Å². The maximum absolute atomic E-state index is 12.1. The number of amides is 1. The van der Waals surface area contributed by atoms with E-state index < -0.39 is 11.5 Å². The molecule has 0 saturated heterocycles. The van der Waals surface area contributed by atoms with Gasteiger partial charge >= 0.3 is 5.97 Å². The molecular weight excluding hydrogens is 232 g/mol. The number of aliphatic carboxylic acids is 1. The molecule has 5 nitrogen and oxygen atoms in total. The minimum absolute atomic E-state index is 0.376. The summed E-state index contributed by atoms with van der Waals surface area (Å²) in [4.78, 5) is 26.3. The molecule has 1 heterocycles. The van der Waals surface area contributed by atoms with Gasteiger partial charge in [0.05, 0.1) is 0 Å². The summed E-state index contributed by atoms with van der Waals surface area (Å²) in [5, 5.41) is 11.8. The Hall–Kier alpha value is -1.78. The van der Waals surface area contributed by atoms with Crippen LogP contribution in [0.3, 0.4) is 0 Å². The number of aromatic amines is 1. The van der Waals surface area contributed by atoms with Gasteiger partial charge in [0.25, 0.3) is 5.91 Å². The number of carbonyl (C=O) groups excluding carboxylic acids is 1. The van der Waals surface area contributed by atoms with Crippen LogP contribution in [0.1, 0.15) is 48.4 Å². The molecule has 0 aliphatic rings. The number of aryl methyl sites for hydroxylation is 2. The Morgan fingerprint density at radius 3 is 2.44 bits per heavy atom. The lowest BCUT2D eigenvalue weighted by atomic mass is 9.96. The van der Waals surface area contributed by atoms with E-state index in [1.54, 1.807) is 0 Å². The van der Waals surface area contributed by atoms with Gasteiger partial charge in [0.1, 0.15) is 11.2 Å². The first kappa shape index (κ1) is 14.3. The van der Waals surface area contributed by atoms with E-state index in [-0.39, 0.29) is 5.91 Å². The van der Waals surface area contributed by atoms with Gasteiger partial charge in [0, 0.05) is 5.69 Å². The van der Waals surface area contributed by atoms with Crippen LogP contribution in [0, 0.1) is 13.8 Å². The fraction of sp³-hybridized carbons (Fsp3) is 0.538. The largest absolute Gasteiger partial charge is 0.480 e. The van der Waals surface area contributed by atoms with Crippen LogP contribution in [0.25, 0.3) is 0 Å². The Balaban J connectivity index is 2.92. The number of carboxylic acid groups (broad SMARTS) is 1. The number of hydrogen-bond acceptors (Lipinski definition) is 2. The maximum Gasteiger partial charge on any atom is 0.329 e. The summed E-state index contributed by atoms with van der Waals surface area (Å²) in [6.45, 7) is 7.09. The summed E-state index contributed by atoms with van der Waals surface area (Å²) in [5.41, 5.74) is 0.896. The van der Waals surface area contributed by atoms with Crippen molar-refractivity contribution < 1.29 is 14.7 Å². The highest BCUT2D eigenvalue weighted by molar-refractivity contribution is 5.97. The summed E-state index contributed by atoms with van der Waals surface area (Å²) >= 11 is 0. The quantitative estimate of drug-likeness (QED) is 0.749. The fourth-order valence-corrected chi connectivity index (χ4v) is 2.00. The van der Waals surface area contributed by atoms with Crippen molar-refractivity contribution in [3.63, 3.8) is 0 Å². The lowest BCUT2D eigenvalue weighted by Crippen LogP contribution is -2.52. The van der Waals surface area contributed by atoms with Crippen LogP contribution in [0.5, 0.6) is 0 Å². The molecule has 1 atom stereocenters. The molecule has 1 amide bonds. The number of nitrogens with one attached hydrogen (secondary N) is 2. The molecule has 1 aromatic rings. The van der Waals surface area contributed by atoms with E-state index in [0.717, 1.165) is 11.3 Å². The van der Waals surface area contributed by atoms with E-state index in [1.165, 1.54) is 6.92 Å². The van der Waals surface area contributed by atoms with E-state index in [9.17, 15) is 14.7 Å². The van der Waals surface area contributed by atoms with Crippen molar-refractivity contribution in [2.24, 2.45) is 0 Å². The first-order valence-electron chi connectivity index (χ1n) is 6.02. The molecule has 0 aromatic carbocycles. The maximum atomic E-state index is 12.1. The molecule has 0 aliphatic carbocycles. The van der Waals surface area contributed by atoms with E-state index in [0.29, 0.717) is 18.5 Å². The molecule has 18 heavy (non-hydrogen) atoms. The standard InChI is InChI=1S/C13H20N2O3/c1-5-6-13(4,12(17)18)15-11(16)10-8(2)7-9(3)14-10/h7,14H,5-6H2,1-4H3,(H,15,16)(H,17,18). The van der Waals surface area contributed by atoms with Crippen LogP contribution in [0.2, 0.25) is 0 Å². The van der Waals surface area contributed by atoms with Crippen LogP contribution >= 0.6 is 0 Å². The SMILES string of the molecule is CCCC(C)(NC(=O)c1[nH]c(C)cc1C)C(=O)O. The number of carboxylic acids is 1. The molecule has 1 aromatic heterocycles. The van der Waals surface area contributed by atoms with E-state index in [4.69, 9.17) is 0 Å². The summed E-state index contributed by atoms with van der Waals surface area (Å²) in [6, 6.07) is 1.85. The minimum atomic E-state index is -1.22. The first-order chi connectivity index (χ1) is 8.30. The second kappa shape index (κ2) is 5.25. The third-order valence-corrected chi connectivity index (χ3v) is 2.99. The number of carbonyl (C=O) groups is 2. The van der Waals surface area contributed by atoms with Crippen molar-refractivity contribution in [2.75, 3.05) is 0 Å². The molecule has 0 radical (unpaired) electrons. The zero-order valence-electron chi connectivity index (χ0n) is 11.3. The van der Waals surface area contributed by atoms with Gasteiger partial charge in [-0.3, -0.25) is 4.79 Å². The van der Waals surface area contributed by atoms with Crippen molar-refractivity contribution in [3.05, 3.63) is 23.0 Å². The van der Waals surface area contributed by atoms with Crippen LogP contribution < -0.4 is 5.32 Å². The lowest BCUT2D eigenvalue weighted by molar-refractivity contribution is -0.144. The van der Waals surface area contributed by atoms with Crippen LogP contribution in [0.4, 0.5) is 0 Å². The van der Waals surface area contributed by atoms with E-state index in [1.807, 2.05) is 26.8 Å². The van der Waals surface area contributed by atoms with E-state index >= 15 is 0 Å². The van der Waals surface area contributed by atoms with Gasteiger partial charge in [-0.1, -0.05) is 13.3 Å². The summed E-state index contributed by atoms with van der Waals surface area (Å²) in [7, 11) is 0. The van der Waals surface area contributed by atoms with Crippen molar-refractivity contribution in [1.29, 1.82) is 0 Å². The van der Waals surface area contributed by atoms with Crippen molar-refractivity contribution in [1.82, 2.24) is 10.3 Å². The molecule has 0 aliphatic heterocycles. The van der Waals surface area contributed by atoms with Gasteiger partial charge in [-0.2, -0.15) is 0 Å². The average molecular weight is 252 g/mol. The highest BCUT2D eigenvalue weighted by atomic mass is 16.4. The fourth-order valence-electron chi connectivity index (χ4n) is 2.00. The Bertz CT molecular complexity index is 465. The summed E-state index contributed by atoms with van der Waals surface area (Å²) in [5.74, 6) is -1.39. The first-order valence-corrected chi connectivity index (χ1v) is 6.02. The highest BCUT2D eigenvalue weighted by Gasteiger charge is 2.34. The molecule has 0 bridgehead atoms. The summed E-state index contributed by atoms with van der Waals surface area (Å²) < 4.78 is 0. The second-order valence-corrected chi connectivity index (χ2v) is 4.85. The zero-order chi connectivity index (χ0) is 13.9. The van der Waals surface area contributed by atoms with Gasteiger partial charge in [-0.05, 0) is 38.8 Å². The van der Waals surface area contributed by atoms with Gasteiger partial charge in [0.2, 0.25) is 0 Å². The number of H-pyrrole nitrogens is 1. The predicted molar refractivity (Wildman–Crippen MR) is 68.7 cm³/mol. The molecule has 1 unspecified atom stereocenters. The molecule has 0 spiro atoms. The van der Waals surface area contributed by atoms with Crippen LogP contribution in [-0.4, -0.2) is 27.5 Å². The monoisotopic (exact) mass is 252 g/mol. The third kappa shape index (κ3) is 2.91. The molecule has 0 saturated carbocycles. The molecule has 5 heteroatoms. The topological polar surface area (TPSA) is 82.2 Å². The van der Waals surface area contributed by atoms with E-state index in [2.05, 4.69) is 10.3 Å². The smallest absolute Gasteiger partial charge is 0.329 e. The second-order valence-electron chi connectivity index (χ2n) is 4.85. The summed E-state index contributed by atoms with van der Waals surface area (Å²) in [6.07, 6.45) is 1.08. The third-order valence-electron chi connectivity index (χ3n) is 2.99. The molecule has 3 N–H and O–H groups in total. The van der Waals surface area contributed by atoms with Gasteiger partial charge < -0.3 is 15.4 Å². The minimum Gasteiger partial charge on any atom is -0.480 e. The molecular formula is C13H20N2O3. The zero-order valence-corrected chi connectivity index (χ0v) is 11.3. The van der Waals surface area contributed by atoms with Gasteiger partial charge in [-0.25, -0.2) is 4.79 Å². The normalized spacial score (nSPS) is 14.0. The number of rotatable bonds is 5. The van der Waals surface area contributed by atoms with Gasteiger partial charge in [-0.15, -0.1) is 0 Å². The number of hydrogen-bond donors (Lipinski definition) is 3. The Morgan fingerprint density at radius 2 is 2.06 bits per heavy atom. The van der Waals surface area contributed by atoms with Crippen molar-refractivity contribution in [2.45, 2.75) is 46.1 Å². The Labute approximate surface area is 107 Å². The lowest BCUT2D eigenvalue weighted by Gasteiger charge is -2.25. The molecule has 1 rings (SSSR count). The average Bonchev–Trinajstić information content (AvgIpc) is 2.57. The highest BCUT2D eigenvalue weighted by Crippen LogP contribution is 2.15. The van der Waals surface area contributed by atoms with Crippen molar-refractivity contribution in [3.8, 4) is 0 Å². The number of aromatic nitrogens is 1. The van der Waals surface area contributed by atoms with Crippen LogP contribution in [-0.2, 0) is 4.79 Å². The Morgan fingerprint density at radius 1 is 1.44 bits per heavy atom. The predicted octanol–water partition coefficient (Wildman–Crippen LogP) is 2.00. The Kier molecular flexibility index (Phi) is 4.16. The van der Waals surface area contributed by atoms with Crippen LogP contribution in [0.15, 0.2) is 6.07 Å². The van der Waals surface area contributed by atoms with Gasteiger partial charge in [0.15, 0.2) is 0 Å². The molecule has 0 fully saturated rings. The molecule has 100 valence electrons.